The maximum Gasteiger partial charge on any atom is 0.225 e. The third-order valence-electron chi connectivity index (χ3n) is 2.20. The van der Waals surface area contributed by atoms with Crippen molar-refractivity contribution in [2.45, 2.75) is 26.4 Å². The lowest BCUT2D eigenvalue weighted by Gasteiger charge is -2.29. The first-order valence-corrected chi connectivity index (χ1v) is 5.51. The number of likely N-dealkylation sites (N-methyl/N-ethyl adjacent to an activating group) is 1. The maximum absolute atomic E-state index is 9.83. The fraction of sp³-hybridized carbons (Fsp3) is 0.636. The molecule has 0 amide bonds. The van der Waals surface area contributed by atoms with Crippen LogP contribution >= 0.6 is 0 Å². The molecule has 0 atom stereocenters. The number of nitrogens with zero attached hydrogens (tertiary/aromatic N) is 3. The van der Waals surface area contributed by atoms with E-state index in [1.807, 2.05) is 11.8 Å². The van der Waals surface area contributed by atoms with E-state index in [0.29, 0.717) is 24.8 Å². The zero-order chi connectivity index (χ0) is 13.1. The van der Waals surface area contributed by atoms with Gasteiger partial charge < -0.3 is 20.5 Å². The Bertz CT molecular complexity index is 376. The highest BCUT2D eigenvalue weighted by atomic mass is 16.5. The van der Waals surface area contributed by atoms with Crippen molar-refractivity contribution >= 4 is 11.8 Å². The molecule has 1 aromatic heterocycles. The quantitative estimate of drug-likeness (QED) is 0.786. The molecular formula is C11H20N4O2. The van der Waals surface area contributed by atoms with Gasteiger partial charge in [-0.15, -0.1) is 0 Å². The van der Waals surface area contributed by atoms with E-state index in [1.54, 1.807) is 19.9 Å². The van der Waals surface area contributed by atoms with Crippen LogP contribution < -0.4 is 15.4 Å². The topological polar surface area (TPSA) is 84.5 Å². The third-order valence-corrected chi connectivity index (χ3v) is 2.20. The molecule has 3 N–H and O–H groups in total. The van der Waals surface area contributed by atoms with Crippen LogP contribution in [-0.2, 0) is 0 Å². The molecule has 1 heterocycles. The highest BCUT2D eigenvalue weighted by Crippen LogP contribution is 2.20. The molecule has 6 nitrogen and oxygen atoms in total. The van der Waals surface area contributed by atoms with Crippen LogP contribution in [0, 0.1) is 0 Å². The zero-order valence-corrected chi connectivity index (χ0v) is 10.8. The summed E-state index contributed by atoms with van der Waals surface area (Å²) in [6.45, 7) is 6.65. The van der Waals surface area contributed by atoms with E-state index in [9.17, 15) is 5.11 Å². The number of nitrogens with two attached hydrogens (primary N) is 1. The molecule has 1 rings (SSSR count). The average Bonchev–Trinajstić information content (AvgIpc) is 2.23. The van der Waals surface area contributed by atoms with Crippen LogP contribution in [0.4, 0.5) is 11.8 Å². The van der Waals surface area contributed by atoms with E-state index in [2.05, 4.69) is 9.97 Å². The van der Waals surface area contributed by atoms with Crippen LogP contribution in [-0.4, -0.2) is 40.9 Å². The molecule has 17 heavy (non-hydrogen) atoms. The summed E-state index contributed by atoms with van der Waals surface area (Å²) in [6, 6.07) is 1.70. The Hall–Kier alpha value is -1.56. The molecule has 1 aromatic rings. The van der Waals surface area contributed by atoms with Crippen LogP contribution in [0.2, 0.25) is 0 Å². The van der Waals surface area contributed by atoms with Crippen molar-refractivity contribution in [1.82, 2.24) is 9.97 Å². The van der Waals surface area contributed by atoms with Crippen molar-refractivity contribution in [2.75, 3.05) is 30.8 Å². The second-order valence-electron chi connectivity index (χ2n) is 4.45. The Kier molecular flexibility index (Phi) is 4.11. The predicted molar refractivity (Wildman–Crippen MR) is 67.2 cm³/mol. The molecule has 0 aromatic carbocycles. The van der Waals surface area contributed by atoms with E-state index in [-0.39, 0.29) is 5.95 Å². The molecule has 0 saturated carbocycles. The number of hydrogen-bond acceptors (Lipinski definition) is 6. The predicted octanol–water partition coefficient (Wildman–Crippen LogP) is 0.665. The van der Waals surface area contributed by atoms with Crippen molar-refractivity contribution in [3.8, 4) is 5.88 Å². The van der Waals surface area contributed by atoms with Gasteiger partial charge in [0, 0.05) is 19.2 Å². The molecule has 6 heteroatoms. The first-order chi connectivity index (χ1) is 7.85. The Labute approximate surface area is 101 Å². The summed E-state index contributed by atoms with van der Waals surface area (Å²) in [4.78, 5) is 9.98. The van der Waals surface area contributed by atoms with Crippen molar-refractivity contribution in [3.05, 3.63) is 6.07 Å². The van der Waals surface area contributed by atoms with Crippen molar-refractivity contribution < 1.29 is 9.84 Å². The van der Waals surface area contributed by atoms with Crippen LogP contribution in [0.3, 0.4) is 0 Å². The number of methoxy groups -OCH3 is 1. The number of anilines is 2. The molecule has 96 valence electrons. The van der Waals surface area contributed by atoms with Crippen molar-refractivity contribution in [1.29, 1.82) is 0 Å². The summed E-state index contributed by atoms with van der Waals surface area (Å²) >= 11 is 0. The van der Waals surface area contributed by atoms with E-state index in [4.69, 9.17) is 10.5 Å². The highest BCUT2D eigenvalue weighted by molar-refractivity contribution is 5.45. The van der Waals surface area contributed by atoms with Gasteiger partial charge in [0.1, 0.15) is 5.82 Å². The molecule has 0 aliphatic heterocycles. The van der Waals surface area contributed by atoms with Crippen LogP contribution in [0.25, 0.3) is 0 Å². The van der Waals surface area contributed by atoms with Crippen LogP contribution in [0.15, 0.2) is 6.07 Å². The van der Waals surface area contributed by atoms with E-state index in [1.165, 1.54) is 7.11 Å². The molecule has 0 spiro atoms. The van der Waals surface area contributed by atoms with Gasteiger partial charge in [-0.1, -0.05) is 0 Å². The minimum Gasteiger partial charge on any atom is -0.481 e. The lowest BCUT2D eigenvalue weighted by molar-refractivity contribution is 0.0874. The lowest BCUT2D eigenvalue weighted by Crippen LogP contribution is -2.39. The van der Waals surface area contributed by atoms with E-state index >= 15 is 0 Å². The number of rotatable bonds is 5. The standard InChI is InChI=1S/C11H20N4O2/c1-5-15(7-11(2,3)16)8-6-9(17-4)14-10(12)13-8/h6,16H,5,7H2,1-4H3,(H2,12,13,14). The summed E-state index contributed by atoms with van der Waals surface area (Å²) < 4.78 is 5.04. The van der Waals surface area contributed by atoms with Crippen molar-refractivity contribution in [3.63, 3.8) is 0 Å². The number of hydrogen-bond donors (Lipinski definition) is 2. The SMILES string of the molecule is CCN(CC(C)(C)O)c1cc(OC)nc(N)n1. The van der Waals surface area contributed by atoms with Gasteiger partial charge >= 0.3 is 0 Å². The van der Waals surface area contributed by atoms with Gasteiger partial charge in [0.25, 0.3) is 0 Å². The Balaban J connectivity index is 2.99. The van der Waals surface area contributed by atoms with Gasteiger partial charge in [0.05, 0.1) is 12.7 Å². The molecular weight excluding hydrogens is 220 g/mol. The van der Waals surface area contributed by atoms with Gasteiger partial charge in [-0.3, -0.25) is 0 Å². The molecule has 0 aliphatic carbocycles. The molecule has 0 bridgehead atoms. The summed E-state index contributed by atoms with van der Waals surface area (Å²) in [5, 5.41) is 9.83. The first-order valence-electron chi connectivity index (χ1n) is 5.51. The van der Waals surface area contributed by atoms with Crippen LogP contribution in [0.1, 0.15) is 20.8 Å². The van der Waals surface area contributed by atoms with Gasteiger partial charge in [0.2, 0.25) is 11.8 Å². The Morgan fingerprint density at radius 1 is 1.47 bits per heavy atom. The molecule has 0 aliphatic rings. The third kappa shape index (κ3) is 4.07. The molecule has 0 radical (unpaired) electrons. The number of aliphatic hydroxyl groups is 1. The number of aromatic nitrogens is 2. The van der Waals surface area contributed by atoms with Crippen molar-refractivity contribution in [2.24, 2.45) is 0 Å². The normalized spacial score (nSPS) is 11.4. The second kappa shape index (κ2) is 5.18. The fourth-order valence-electron chi connectivity index (χ4n) is 1.52. The minimum atomic E-state index is -0.803. The first kappa shape index (κ1) is 13.5. The van der Waals surface area contributed by atoms with Crippen LogP contribution in [0.5, 0.6) is 5.88 Å². The average molecular weight is 240 g/mol. The summed E-state index contributed by atoms with van der Waals surface area (Å²) in [5.74, 6) is 1.23. The molecule has 0 saturated heterocycles. The van der Waals surface area contributed by atoms with E-state index < -0.39 is 5.60 Å². The van der Waals surface area contributed by atoms with Gasteiger partial charge in [0.15, 0.2) is 0 Å². The Morgan fingerprint density at radius 2 is 2.12 bits per heavy atom. The molecule has 0 unspecified atom stereocenters. The minimum absolute atomic E-state index is 0.161. The van der Waals surface area contributed by atoms with Gasteiger partial charge in [-0.25, -0.2) is 0 Å². The molecule has 0 fully saturated rings. The number of ether oxygens (including phenoxy) is 1. The summed E-state index contributed by atoms with van der Waals surface area (Å²) in [7, 11) is 1.53. The largest absolute Gasteiger partial charge is 0.481 e. The van der Waals surface area contributed by atoms with Gasteiger partial charge in [-0.2, -0.15) is 9.97 Å². The summed E-state index contributed by atoms with van der Waals surface area (Å²) in [5.41, 5.74) is 4.80. The lowest BCUT2D eigenvalue weighted by atomic mass is 10.1. The second-order valence-corrected chi connectivity index (χ2v) is 4.45. The highest BCUT2D eigenvalue weighted by Gasteiger charge is 2.19. The van der Waals surface area contributed by atoms with E-state index in [0.717, 1.165) is 0 Å². The fourth-order valence-corrected chi connectivity index (χ4v) is 1.52. The summed E-state index contributed by atoms with van der Waals surface area (Å²) in [6.07, 6.45) is 0. The Morgan fingerprint density at radius 3 is 2.59 bits per heavy atom. The maximum atomic E-state index is 9.83. The zero-order valence-electron chi connectivity index (χ0n) is 10.8. The number of nitrogen functional groups attached to an aromatic ring is 1. The smallest absolute Gasteiger partial charge is 0.225 e. The van der Waals surface area contributed by atoms with Gasteiger partial charge in [-0.05, 0) is 20.8 Å². The monoisotopic (exact) mass is 240 g/mol.